The fraction of sp³-hybridized carbons (Fsp3) is 0.606. The first kappa shape index (κ1) is 29.9. The lowest BCUT2D eigenvalue weighted by Gasteiger charge is -2.45. The molecule has 1 aromatic rings. The predicted molar refractivity (Wildman–Crippen MR) is 164 cm³/mol. The molecule has 41 heavy (non-hydrogen) atoms. The number of fused-ring (bicyclic) bond motifs is 2. The van der Waals surface area contributed by atoms with Gasteiger partial charge in [0.15, 0.2) is 0 Å². The van der Waals surface area contributed by atoms with Crippen LogP contribution in [0.25, 0.3) is 0 Å². The number of benzene rings is 1. The molecule has 2 fully saturated rings. The van der Waals surface area contributed by atoms with Gasteiger partial charge in [-0.25, -0.2) is 0 Å². The summed E-state index contributed by atoms with van der Waals surface area (Å²) in [5, 5.41) is 10.4. The van der Waals surface area contributed by atoms with Crippen LogP contribution in [0.4, 0.5) is 5.69 Å². The van der Waals surface area contributed by atoms with Gasteiger partial charge < -0.3 is 19.8 Å². The second-order valence-electron chi connectivity index (χ2n) is 14.1. The minimum absolute atomic E-state index is 0.0108. The van der Waals surface area contributed by atoms with Gasteiger partial charge in [-0.2, -0.15) is 0 Å². The van der Waals surface area contributed by atoms with Crippen molar-refractivity contribution < 1.29 is 19.5 Å². The largest absolute Gasteiger partial charge is 0.394 e. The lowest BCUT2D eigenvalue weighted by atomic mass is 9.74. The summed E-state index contributed by atoms with van der Waals surface area (Å²) in [5.74, 6) is -1.79. The molecule has 4 aliphatic rings. The standard InChI is InChI=1S/C33H45N3O4S/c1-8-22(20-37)36-26-29(40)35(31(5,6)21-30(2,3)4)19-13-17-33(26)25(28(36)39)24-27(38)34(23-14-10-9-11-15-23)18-12-16-32(24,7)41-33/h9-17,22,24-26,37H,8,18-21H2,1-7H3/t22-,24+,25-,26?,32-,33-/m0/s1. The Morgan fingerprint density at radius 3 is 2.22 bits per heavy atom. The average molecular weight is 580 g/mol. The van der Waals surface area contributed by atoms with Crippen LogP contribution < -0.4 is 4.90 Å². The highest BCUT2D eigenvalue weighted by atomic mass is 32.2. The Hall–Kier alpha value is -2.58. The van der Waals surface area contributed by atoms with Crippen LogP contribution in [-0.2, 0) is 14.4 Å². The summed E-state index contributed by atoms with van der Waals surface area (Å²) in [5.41, 5.74) is 0.319. The van der Waals surface area contributed by atoms with Crippen molar-refractivity contribution in [3.8, 4) is 0 Å². The van der Waals surface area contributed by atoms with Gasteiger partial charge in [-0.1, -0.05) is 70.2 Å². The fourth-order valence-corrected chi connectivity index (χ4v) is 10.2. The van der Waals surface area contributed by atoms with Crippen LogP contribution in [0.3, 0.4) is 0 Å². The molecule has 1 spiro atoms. The summed E-state index contributed by atoms with van der Waals surface area (Å²) in [4.78, 5) is 49.3. The lowest BCUT2D eigenvalue weighted by molar-refractivity contribution is -0.149. The van der Waals surface area contributed by atoms with Gasteiger partial charge in [0.2, 0.25) is 17.7 Å². The van der Waals surface area contributed by atoms with Gasteiger partial charge in [0.1, 0.15) is 6.04 Å². The number of aliphatic hydroxyl groups excluding tert-OH is 1. The summed E-state index contributed by atoms with van der Waals surface area (Å²) in [6, 6.07) is 8.26. The molecule has 1 unspecified atom stereocenters. The van der Waals surface area contributed by atoms with Crippen molar-refractivity contribution in [3.63, 3.8) is 0 Å². The smallest absolute Gasteiger partial charge is 0.247 e. The first-order valence-electron chi connectivity index (χ1n) is 14.9. The van der Waals surface area contributed by atoms with Crippen LogP contribution in [0.1, 0.15) is 61.3 Å². The first-order chi connectivity index (χ1) is 19.2. The molecule has 5 rings (SSSR count). The number of para-hydroxylation sites is 1. The molecule has 0 bridgehead atoms. The highest BCUT2D eigenvalue weighted by molar-refractivity contribution is 8.02. The van der Waals surface area contributed by atoms with E-state index in [9.17, 15) is 19.5 Å². The molecule has 4 heterocycles. The van der Waals surface area contributed by atoms with Crippen molar-refractivity contribution in [1.82, 2.24) is 9.80 Å². The van der Waals surface area contributed by atoms with Gasteiger partial charge in [0, 0.05) is 29.1 Å². The number of anilines is 1. The number of thioether (sulfide) groups is 1. The quantitative estimate of drug-likeness (QED) is 0.496. The minimum Gasteiger partial charge on any atom is -0.394 e. The number of aliphatic hydroxyl groups is 1. The molecule has 7 nitrogen and oxygen atoms in total. The Kier molecular flexibility index (Phi) is 7.51. The van der Waals surface area contributed by atoms with Gasteiger partial charge in [0.25, 0.3) is 0 Å². The Morgan fingerprint density at radius 2 is 1.61 bits per heavy atom. The average Bonchev–Trinajstić information content (AvgIpc) is 3.15. The first-order valence-corrected chi connectivity index (χ1v) is 15.7. The minimum atomic E-state index is -0.928. The summed E-state index contributed by atoms with van der Waals surface area (Å²) in [6.45, 7) is 15.3. The summed E-state index contributed by atoms with van der Waals surface area (Å²) in [7, 11) is 0. The van der Waals surface area contributed by atoms with Crippen LogP contribution >= 0.6 is 11.8 Å². The van der Waals surface area contributed by atoms with Crippen LogP contribution in [0.2, 0.25) is 0 Å². The Labute approximate surface area is 249 Å². The highest BCUT2D eigenvalue weighted by Crippen LogP contribution is 2.66. The van der Waals surface area contributed by atoms with Gasteiger partial charge in [-0.3, -0.25) is 14.4 Å². The number of amides is 3. The third kappa shape index (κ3) is 4.75. The molecule has 1 N–H and O–H groups in total. The molecule has 3 amide bonds. The maximum absolute atomic E-state index is 14.8. The second-order valence-corrected chi connectivity index (χ2v) is 15.9. The molecule has 0 radical (unpaired) electrons. The number of rotatable bonds is 6. The van der Waals surface area contributed by atoms with Crippen LogP contribution in [-0.4, -0.2) is 79.4 Å². The lowest BCUT2D eigenvalue weighted by Crippen LogP contribution is -2.60. The molecule has 222 valence electrons. The van der Waals surface area contributed by atoms with Crippen molar-refractivity contribution in [2.75, 3.05) is 24.6 Å². The normalized spacial score (nSPS) is 32.5. The Balaban J connectivity index is 1.65. The molecule has 0 saturated carbocycles. The number of nitrogens with zero attached hydrogens (tertiary/aromatic N) is 3. The molecular formula is C33H45N3O4S. The Bertz CT molecular complexity index is 1270. The molecular weight excluding hydrogens is 534 g/mol. The SMILES string of the molecule is CC[C@@H](CO)N1C(=O)[C@@H]2[C@@H]3C(=O)N(c4ccccc4)CC=C[C@]3(C)S[C@@]23C=CCN(C(C)(C)CC(C)(C)C)C(=O)C13. The summed E-state index contributed by atoms with van der Waals surface area (Å²) in [6.07, 6.45) is 9.51. The van der Waals surface area contributed by atoms with E-state index in [-0.39, 0.29) is 29.7 Å². The van der Waals surface area contributed by atoms with Gasteiger partial charge >= 0.3 is 0 Å². The van der Waals surface area contributed by atoms with E-state index < -0.39 is 39.0 Å². The van der Waals surface area contributed by atoms with E-state index in [1.54, 1.807) is 21.6 Å². The van der Waals surface area contributed by atoms with Crippen LogP contribution in [0.5, 0.6) is 0 Å². The van der Waals surface area contributed by atoms with Gasteiger partial charge in [-0.05, 0) is 51.2 Å². The number of carbonyl (C=O) groups excluding carboxylic acids is 3. The number of carbonyl (C=O) groups is 3. The van der Waals surface area contributed by atoms with E-state index in [0.29, 0.717) is 19.5 Å². The third-order valence-corrected chi connectivity index (χ3v) is 11.1. The molecule has 6 atom stereocenters. The topological polar surface area (TPSA) is 81.2 Å². The van der Waals surface area contributed by atoms with E-state index in [4.69, 9.17) is 0 Å². The van der Waals surface area contributed by atoms with Crippen LogP contribution in [0.15, 0.2) is 54.6 Å². The van der Waals surface area contributed by atoms with Gasteiger partial charge in [-0.15, -0.1) is 11.8 Å². The maximum Gasteiger partial charge on any atom is 0.247 e. The van der Waals surface area contributed by atoms with Crippen molar-refractivity contribution in [2.45, 2.75) is 88.4 Å². The van der Waals surface area contributed by atoms with Crippen molar-refractivity contribution >= 4 is 35.2 Å². The van der Waals surface area contributed by atoms with E-state index in [2.05, 4.69) is 46.8 Å². The molecule has 4 aliphatic heterocycles. The Morgan fingerprint density at radius 1 is 0.951 bits per heavy atom. The third-order valence-electron chi connectivity index (χ3n) is 9.33. The second kappa shape index (κ2) is 10.3. The number of hydrogen-bond acceptors (Lipinski definition) is 5. The zero-order valence-corrected chi connectivity index (χ0v) is 26.3. The fourth-order valence-electron chi connectivity index (χ4n) is 8.05. The van der Waals surface area contributed by atoms with E-state index in [1.165, 1.54) is 0 Å². The van der Waals surface area contributed by atoms with E-state index in [0.717, 1.165) is 12.1 Å². The molecule has 1 aromatic carbocycles. The molecule has 8 heteroatoms. The highest BCUT2D eigenvalue weighted by Gasteiger charge is 2.74. The van der Waals surface area contributed by atoms with Crippen molar-refractivity contribution in [2.24, 2.45) is 17.3 Å². The number of hydrogen-bond donors (Lipinski definition) is 1. The van der Waals surface area contributed by atoms with E-state index in [1.807, 2.05) is 61.2 Å². The van der Waals surface area contributed by atoms with Crippen molar-refractivity contribution in [3.05, 3.63) is 54.6 Å². The zero-order valence-electron chi connectivity index (χ0n) is 25.5. The summed E-state index contributed by atoms with van der Waals surface area (Å²) >= 11 is 1.59. The van der Waals surface area contributed by atoms with E-state index >= 15 is 0 Å². The molecule has 0 aliphatic carbocycles. The molecule has 0 aromatic heterocycles. The predicted octanol–water partition coefficient (Wildman–Crippen LogP) is 4.66. The van der Waals surface area contributed by atoms with Crippen molar-refractivity contribution in [1.29, 1.82) is 0 Å². The maximum atomic E-state index is 14.8. The van der Waals surface area contributed by atoms with Crippen LogP contribution in [0, 0.1) is 17.3 Å². The monoisotopic (exact) mass is 579 g/mol. The molecule has 2 saturated heterocycles. The van der Waals surface area contributed by atoms with Gasteiger partial charge in [0.05, 0.1) is 29.2 Å². The zero-order chi connectivity index (χ0) is 30.0. The number of likely N-dealkylation sites (tertiary alicyclic amines) is 1. The summed E-state index contributed by atoms with van der Waals surface area (Å²) < 4.78 is -1.60.